The summed E-state index contributed by atoms with van der Waals surface area (Å²) in [7, 11) is 0. The highest BCUT2D eigenvalue weighted by Crippen LogP contribution is 2.18. The van der Waals surface area contributed by atoms with Crippen LogP contribution >= 0.6 is 22.9 Å². The molecule has 0 saturated heterocycles. The van der Waals surface area contributed by atoms with E-state index in [4.69, 9.17) is 16.3 Å². The second-order valence-corrected chi connectivity index (χ2v) is 6.60. The number of ether oxygens (including phenoxy) is 1. The van der Waals surface area contributed by atoms with Gasteiger partial charge in [-0.25, -0.2) is 4.98 Å². The fourth-order valence-corrected chi connectivity index (χ4v) is 2.40. The van der Waals surface area contributed by atoms with Crippen molar-refractivity contribution in [2.75, 3.05) is 13.2 Å². The third-order valence-corrected chi connectivity index (χ3v) is 3.64. The number of alkyl halides is 1. The maximum Gasteiger partial charge on any atom is 0.0929 e. The second-order valence-electron chi connectivity index (χ2n) is 5.39. The van der Waals surface area contributed by atoms with Gasteiger partial charge in [0.25, 0.3) is 0 Å². The smallest absolute Gasteiger partial charge is 0.0929 e. The van der Waals surface area contributed by atoms with Crippen molar-refractivity contribution in [2.24, 2.45) is 5.41 Å². The molecule has 1 aromatic heterocycles. The maximum absolute atomic E-state index is 5.70. The SMILES string of the molecule is CC(C)(C)CCOCCCc1nc(CCl)cs1. The van der Waals surface area contributed by atoms with Gasteiger partial charge in [-0.2, -0.15) is 0 Å². The standard InChI is InChI=1S/C13H22ClNOS/c1-13(2,3)6-8-16-7-4-5-12-15-11(9-14)10-17-12/h10H,4-9H2,1-3H3. The molecule has 0 saturated carbocycles. The molecule has 0 fully saturated rings. The zero-order valence-electron chi connectivity index (χ0n) is 11.0. The van der Waals surface area contributed by atoms with Gasteiger partial charge >= 0.3 is 0 Å². The number of hydrogen-bond acceptors (Lipinski definition) is 3. The topological polar surface area (TPSA) is 22.1 Å². The molecule has 0 aliphatic heterocycles. The van der Waals surface area contributed by atoms with Crippen LogP contribution in [0.15, 0.2) is 5.38 Å². The van der Waals surface area contributed by atoms with E-state index in [0.717, 1.165) is 38.2 Å². The zero-order valence-corrected chi connectivity index (χ0v) is 12.5. The minimum Gasteiger partial charge on any atom is -0.381 e. The fraction of sp³-hybridized carbons (Fsp3) is 0.769. The van der Waals surface area contributed by atoms with Gasteiger partial charge in [-0.05, 0) is 18.3 Å². The van der Waals surface area contributed by atoms with Crippen molar-refractivity contribution in [1.82, 2.24) is 4.98 Å². The number of aryl methyl sites for hydroxylation is 1. The lowest BCUT2D eigenvalue weighted by Crippen LogP contribution is -2.10. The predicted molar refractivity (Wildman–Crippen MR) is 74.9 cm³/mol. The van der Waals surface area contributed by atoms with Crippen LogP contribution in [-0.2, 0) is 17.0 Å². The van der Waals surface area contributed by atoms with Gasteiger partial charge in [-0.15, -0.1) is 22.9 Å². The van der Waals surface area contributed by atoms with E-state index in [1.54, 1.807) is 11.3 Å². The molecule has 1 heterocycles. The normalized spacial score (nSPS) is 12.0. The van der Waals surface area contributed by atoms with E-state index in [0.29, 0.717) is 11.3 Å². The molecule has 1 rings (SSSR count). The molecule has 17 heavy (non-hydrogen) atoms. The molecule has 2 nitrogen and oxygen atoms in total. The van der Waals surface area contributed by atoms with Gasteiger partial charge in [-0.3, -0.25) is 0 Å². The first-order valence-corrected chi connectivity index (χ1v) is 7.50. The van der Waals surface area contributed by atoms with E-state index in [1.165, 1.54) is 5.01 Å². The Balaban J connectivity index is 2.04. The monoisotopic (exact) mass is 275 g/mol. The van der Waals surface area contributed by atoms with Crippen LogP contribution in [-0.4, -0.2) is 18.2 Å². The van der Waals surface area contributed by atoms with Crippen LogP contribution in [0, 0.1) is 5.41 Å². The number of aromatic nitrogens is 1. The van der Waals surface area contributed by atoms with E-state index in [9.17, 15) is 0 Å². The average Bonchev–Trinajstić information content (AvgIpc) is 2.69. The molecule has 0 bridgehead atoms. The molecular weight excluding hydrogens is 254 g/mol. The maximum atomic E-state index is 5.70. The Morgan fingerprint density at radius 3 is 2.71 bits per heavy atom. The Kier molecular flexibility index (Phi) is 6.45. The molecular formula is C13H22ClNOS. The highest BCUT2D eigenvalue weighted by molar-refractivity contribution is 7.09. The van der Waals surface area contributed by atoms with Crippen LogP contribution in [0.3, 0.4) is 0 Å². The first kappa shape index (κ1) is 14.9. The predicted octanol–water partition coefficient (Wildman–Crippen LogP) is 4.27. The van der Waals surface area contributed by atoms with E-state index < -0.39 is 0 Å². The second kappa shape index (κ2) is 7.34. The minimum absolute atomic E-state index is 0.366. The van der Waals surface area contributed by atoms with Gasteiger partial charge in [0.2, 0.25) is 0 Å². The van der Waals surface area contributed by atoms with Crippen LogP contribution in [0.1, 0.15) is 44.3 Å². The Morgan fingerprint density at radius 2 is 2.12 bits per heavy atom. The summed E-state index contributed by atoms with van der Waals surface area (Å²) in [6.45, 7) is 8.39. The molecule has 0 spiro atoms. The minimum atomic E-state index is 0.366. The third kappa shape index (κ3) is 7.02. The lowest BCUT2D eigenvalue weighted by molar-refractivity contribution is 0.106. The number of thiazole rings is 1. The molecule has 0 atom stereocenters. The molecule has 0 aliphatic carbocycles. The summed E-state index contributed by atoms with van der Waals surface area (Å²) in [5, 5.41) is 3.20. The van der Waals surface area contributed by atoms with Gasteiger partial charge in [0.1, 0.15) is 0 Å². The molecule has 4 heteroatoms. The lowest BCUT2D eigenvalue weighted by atomic mass is 9.93. The average molecular weight is 276 g/mol. The number of rotatable bonds is 7. The van der Waals surface area contributed by atoms with E-state index in [1.807, 2.05) is 5.38 Å². The summed E-state index contributed by atoms with van der Waals surface area (Å²) >= 11 is 7.40. The van der Waals surface area contributed by atoms with Gasteiger partial charge in [-0.1, -0.05) is 20.8 Å². The number of hydrogen-bond donors (Lipinski definition) is 0. The lowest BCUT2D eigenvalue weighted by Gasteiger charge is -2.17. The Morgan fingerprint density at radius 1 is 1.35 bits per heavy atom. The van der Waals surface area contributed by atoms with Crippen molar-refractivity contribution < 1.29 is 4.74 Å². The van der Waals surface area contributed by atoms with Crippen molar-refractivity contribution >= 4 is 22.9 Å². The van der Waals surface area contributed by atoms with Crippen LogP contribution < -0.4 is 0 Å². The summed E-state index contributed by atoms with van der Waals surface area (Å²) in [6.07, 6.45) is 3.15. The van der Waals surface area contributed by atoms with E-state index in [2.05, 4.69) is 25.8 Å². The molecule has 0 unspecified atom stereocenters. The summed E-state index contributed by atoms with van der Waals surface area (Å²) in [4.78, 5) is 4.42. The highest BCUT2D eigenvalue weighted by atomic mass is 35.5. The fourth-order valence-electron chi connectivity index (χ4n) is 1.33. The Labute approximate surface area is 113 Å². The van der Waals surface area contributed by atoms with Crippen LogP contribution in [0.25, 0.3) is 0 Å². The van der Waals surface area contributed by atoms with Crippen molar-refractivity contribution in [1.29, 1.82) is 0 Å². The first-order chi connectivity index (χ1) is 8.01. The quantitative estimate of drug-likeness (QED) is 0.548. The Bertz CT molecular complexity index is 319. The molecule has 1 aromatic rings. The largest absolute Gasteiger partial charge is 0.381 e. The number of nitrogens with zero attached hydrogens (tertiary/aromatic N) is 1. The van der Waals surface area contributed by atoms with Gasteiger partial charge < -0.3 is 4.74 Å². The van der Waals surface area contributed by atoms with Crippen LogP contribution in [0.4, 0.5) is 0 Å². The van der Waals surface area contributed by atoms with Crippen LogP contribution in [0.5, 0.6) is 0 Å². The van der Waals surface area contributed by atoms with Crippen molar-refractivity contribution in [3.63, 3.8) is 0 Å². The van der Waals surface area contributed by atoms with E-state index >= 15 is 0 Å². The molecule has 0 N–H and O–H groups in total. The molecule has 0 radical (unpaired) electrons. The zero-order chi connectivity index (χ0) is 12.7. The summed E-state index contributed by atoms with van der Waals surface area (Å²) in [5.41, 5.74) is 1.35. The summed E-state index contributed by atoms with van der Waals surface area (Å²) in [5.74, 6) is 0.512. The molecule has 0 aromatic carbocycles. The van der Waals surface area contributed by atoms with Crippen molar-refractivity contribution in [3.05, 3.63) is 16.1 Å². The first-order valence-electron chi connectivity index (χ1n) is 6.08. The van der Waals surface area contributed by atoms with Gasteiger partial charge in [0.05, 0.1) is 16.6 Å². The Hall–Kier alpha value is -0.120. The van der Waals surface area contributed by atoms with Crippen LogP contribution in [0.2, 0.25) is 0 Å². The van der Waals surface area contributed by atoms with Crippen molar-refractivity contribution in [2.45, 2.75) is 45.9 Å². The summed E-state index contributed by atoms with van der Waals surface area (Å²) < 4.78 is 5.62. The molecule has 98 valence electrons. The molecule has 0 aliphatic rings. The van der Waals surface area contributed by atoms with Gasteiger partial charge in [0.15, 0.2) is 0 Å². The highest BCUT2D eigenvalue weighted by Gasteiger charge is 2.09. The third-order valence-electron chi connectivity index (χ3n) is 2.41. The van der Waals surface area contributed by atoms with E-state index in [-0.39, 0.29) is 0 Å². The van der Waals surface area contributed by atoms with Crippen molar-refractivity contribution in [3.8, 4) is 0 Å². The molecule has 0 amide bonds. The van der Waals surface area contributed by atoms with Gasteiger partial charge in [0, 0.05) is 25.0 Å². The number of halogens is 1. The summed E-state index contributed by atoms with van der Waals surface area (Å²) in [6, 6.07) is 0.